The van der Waals surface area contributed by atoms with Crippen LogP contribution in [0.15, 0.2) is 152 Å². The summed E-state index contributed by atoms with van der Waals surface area (Å²) in [5, 5.41) is 4.35. The van der Waals surface area contributed by atoms with Gasteiger partial charge in [0.2, 0.25) is 0 Å². The highest BCUT2D eigenvalue weighted by Gasteiger charge is 2.10. The smallest absolute Gasteiger partial charge is 0.0972 e. The summed E-state index contributed by atoms with van der Waals surface area (Å²) in [4.78, 5) is 24.1. The van der Waals surface area contributed by atoms with Crippen molar-refractivity contribution in [1.82, 2.24) is 24.9 Å². The Morgan fingerprint density at radius 1 is 0.304 bits per heavy atom. The lowest BCUT2D eigenvalue weighted by Crippen LogP contribution is -1.90. The van der Waals surface area contributed by atoms with E-state index >= 15 is 0 Å². The summed E-state index contributed by atoms with van der Waals surface area (Å²) in [6.45, 7) is 0. The normalized spacial score (nSPS) is 11.5. The van der Waals surface area contributed by atoms with Crippen LogP contribution in [0.5, 0.6) is 0 Å². The Labute approximate surface area is 264 Å². The minimum absolute atomic E-state index is 0.867. The molecule has 0 amide bonds. The largest absolute Gasteiger partial charge is 0.255 e. The Kier molecular flexibility index (Phi) is 6.06. The Balaban J connectivity index is 1.05. The van der Waals surface area contributed by atoms with Crippen LogP contribution in [0.1, 0.15) is 0 Å². The lowest BCUT2D eigenvalue weighted by molar-refractivity contribution is 1.28. The molecule has 5 nitrogen and oxygen atoms in total. The first-order valence-electron chi connectivity index (χ1n) is 15.2. The Hall–Kier alpha value is -6.33. The molecule has 5 aromatic heterocycles. The number of benzene rings is 4. The molecule has 0 atom stereocenters. The number of rotatable bonds is 4. The molecule has 0 radical (unpaired) electrons. The van der Waals surface area contributed by atoms with Crippen LogP contribution in [-0.4, -0.2) is 24.9 Å². The molecule has 9 aromatic rings. The average molecular weight is 588 g/mol. The summed E-state index contributed by atoms with van der Waals surface area (Å²) in [6.07, 6.45) is 3.62. The number of pyridine rings is 5. The van der Waals surface area contributed by atoms with Crippen molar-refractivity contribution in [2.45, 2.75) is 0 Å². The molecule has 0 aliphatic rings. The van der Waals surface area contributed by atoms with Gasteiger partial charge in [0.05, 0.1) is 44.8 Å². The molecule has 0 unspecified atom stereocenters. The van der Waals surface area contributed by atoms with E-state index < -0.39 is 0 Å². The topological polar surface area (TPSA) is 64.5 Å². The summed E-state index contributed by atoms with van der Waals surface area (Å²) in [5.41, 5.74) is 11.6. The second-order valence-electron chi connectivity index (χ2n) is 11.4. The summed E-state index contributed by atoms with van der Waals surface area (Å²) in [6, 6.07) is 48.0. The molecule has 0 aliphatic carbocycles. The predicted molar refractivity (Wildman–Crippen MR) is 187 cm³/mol. The zero-order chi connectivity index (χ0) is 30.5. The first-order chi connectivity index (χ1) is 22.7. The van der Waals surface area contributed by atoms with Gasteiger partial charge in [0, 0.05) is 45.1 Å². The van der Waals surface area contributed by atoms with Gasteiger partial charge in [-0.2, -0.15) is 0 Å². The van der Waals surface area contributed by atoms with E-state index in [-0.39, 0.29) is 0 Å². The molecule has 4 aromatic carbocycles. The van der Waals surface area contributed by atoms with E-state index in [2.05, 4.69) is 119 Å². The van der Waals surface area contributed by atoms with Crippen molar-refractivity contribution in [3.63, 3.8) is 0 Å². The summed E-state index contributed by atoms with van der Waals surface area (Å²) < 4.78 is 0. The number of fused-ring (bicyclic) bond motifs is 5. The fraction of sp³-hybridized carbons (Fsp3) is 0. The maximum absolute atomic E-state index is 5.05. The molecular formula is C41H25N5. The maximum atomic E-state index is 5.05. The van der Waals surface area contributed by atoms with Crippen LogP contribution < -0.4 is 0 Å². The molecule has 5 heterocycles. The minimum Gasteiger partial charge on any atom is -0.255 e. The second-order valence-corrected chi connectivity index (χ2v) is 11.4. The molecule has 0 aliphatic heterocycles. The van der Waals surface area contributed by atoms with E-state index in [1.807, 2.05) is 36.5 Å². The van der Waals surface area contributed by atoms with Gasteiger partial charge in [-0.3, -0.25) is 9.97 Å². The zero-order valence-electron chi connectivity index (χ0n) is 24.7. The molecule has 9 rings (SSSR count). The second kappa shape index (κ2) is 10.7. The van der Waals surface area contributed by atoms with Gasteiger partial charge in [-0.25, -0.2) is 15.0 Å². The number of nitrogens with zero attached hydrogens (tertiary/aromatic N) is 5. The Morgan fingerprint density at radius 3 is 1.85 bits per heavy atom. The Bertz CT molecular complexity index is 2600. The van der Waals surface area contributed by atoms with Crippen LogP contribution in [0.3, 0.4) is 0 Å². The molecule has 46 heavy (non-hydrogen) atoms. The lowest BCUT2D eigenvalue weighted by Gasteiger charge is -2.09. The van der Waals surface area contributed by atoms with E-state index in [0.29, 0.717) is 0 Å². The van der Waals surface area contributed by atoms with Gasteiger partial charge < -0.3 is 0 Å². The van der Waals surface area contributed by atoms with Crippen molar-refractivity contribution >= 4 is 43.6 Å². The third-order valence-corrected chi connectivity index (χ3v) is 8.53. The quantitative estimate of drug-likeness (QED) is 0.192. The SMILES string of the molecule is c1ccc(-c2ccc3ccc(-c4ccc5nc(-c6cccc(-c7ccc8ccc9cccnc9c8n7)c6)ccc5c4)cc3n2)nc1. The van der Waals surface area contributed by atoms with Crippen molar-refractivity contribution in [1.29, 1.82) is 0 Å². The van der Waals surface area contributed by atoms with Crippen LogP contribution in [0.4, 0.5) is 0 Å². The first-order valence-corrected chi connectivity index (χ1v) is 15.2. The van der Waals surface area contributed by atoms with Crippen molar-refractivity contribution in [2.75, 3.05) is 0 Å². The molecule has 5 heteroatoms. The van der Waals surface area contributed by atoms with Crippen molar-refractivity contribution in [2.24, 2.45) is 0 Å². The standard InChI is InChI=1S/C41H25N5/c1-2-21-42-37(8-1)38-20-13-26-9-12-30(25-39(26)45-38)29-15-18-35-33(23-29)16-19-34(44-35)31-5-3-6-32(24-31)36-17-14-28-11-10-27-7-4-22-43-40(27)41(28)46-36/h1-25H. The molecule has 0 saturated heterocycles. The third kappa shape index (κ3) is 4.62. The molecule has 0 saturated carbocycles. The average Bonchev–Trinajstić information content (AvgIpc) is 3.14. The lowest BCUT2D eigenvalue weighted by atomic mass is 10.00. The molecular weight excluding hydrogens is 562 g/mol. The van der Waals surface area contributed by atoms with Crippen LogP contribution in [-0.2, 0) is 0 Å². The van der Waals surface area contributed by atoms with Crippen LogP contribution >= 0.6 is 0 Å². The van der Waals surface area contributed by atoms with Crippen LogP contribution in [0.25, 0.3) is 88.6 Å². The van der Waals surface area contributed by atoms with Crippen LogP contribution in [0.2, 0.25) is 0 Å². The summed E-state index contributed by atoms with van der Waals surface area (Å²) >= 11 is 0. The van der Waals surface area contributed by atoms with Gasteiger partial charge in [-0.05, 0) is 71.8 Å². The molecule has 0 N–H and O–H groups in total. The number of aromatic nitrogens is 5. The van der Waals surface area contributed by atoms with E-state index in [0.717, 1.165) is 88.6 Å². The van der Waals surface area contributed by atoms with Crippen LogP contribution in [0, 0.1) is 0 Å². The number of hydrogen-bond donors (Lipinski definition) is 0. The maximum Gasteiger partial charge on any atom is 0.0972 e. The van der Waals surface area contributed by atoms with Gasteiger partial charge in [-0.1, -0.05) is 78.9 Å². The Morgan fingerprint density at radius 2 is 0.978 bits per heavy atom. The number of hydrogen-bond acceptors (Lipinski definition) is 5. The van der Waals surface area contributed by atoms with Crippen molar-refractivity contribution in [3.05, 3.63) is 152 Å². The zero-order valence-corrected chi connectivity index (χ0v) is 24.7. The van der Waals surface area contributed by atoms with E-state index in [9.17, 15) is 0 Å². The molecule has 0 spiro atoms. The van der Waals surface area contributed by atoms with Gasteiger partial charge >= 0.3 is 0 Å². The van der Waals surface area contributed by atoms with Gasteiger partial charge in [-0.15, -0.1) is 0 Å². The predicted octanol–water partition coefficient (Wildman–Crippen LogP) is 9.94. The summed E-state index contributed by atoms with van der Waals surface area (Å²) in [7, 11) is 0. The van der Waals surface area contributed by atoms with E-state index in [1.165, 1.54) is 0 Å². The van der Waals surface area contributed by atoms with Crippen molar-refractivity contribution in [3.8, 4) is 45.0 Å². The van der Waals surface area contributed by atoms with E-state index in [1.54, 1.807) is 6.20 Å². The first kappa shape index (κ1) is 26.1. The third-order valence-electron chi connectivity index (χ3n) is 8.53. The monoisotopic (exact) mass is 587 g/mol. The van der Waals surface area contributed by atoms with E-state index in [4.69, 9.17) is 15.0 Å². The fourth-order valence-corrected chi connectivity index (χ4v) is 6.14. The van der Waals surface area contributed by atoms with Gasteiger partial charge in [0.1, 0.15) is 0 Å². The molecule has 0 bridgehead atoms. The molecule has 214 valence electrons. The highest BCUT2D eigenvalue weighted by atomic mass is 14.8. The van der Waals surface area contributed by atoms with Gasteiger partial charge in [0.15, 0.2) is 0 Å². The van der Waals surface area contributed by atoms with Crippen molar-refractivity contribution < 1.29 is 0 Å². The summed E-state index contributed by atoms with van der Waals surface area (Å²) in [5.74, 6) is 0. The fourth-order valence-electron chi connectivity index (χ4n) is 6.14. The highest BCUT2D eigenvalue weighted by Crippen LogP contribution is 2.31. The minimum atomic E-state index is 0.867. The molecule has 0 fully saturated rings. The van der Waals surface area contributed by atoms with Gasteiger partial charge in [0.25, 0.3) is 0 Å². The highest BCUT2D eigenvalue weighted by molar-refractivity contribution is 6.03.